The van der Waals surface area contributed by atoms with Crippen LogP contribution >= 0.6 is 0 Å². The molecule has 0 amide bonds. The Kier molecular flexibility index (Phi) is 7.80. The Morgan fingerprint density at radius 1 is 0.346 bits per heavy atom. The lowest BCUT2D eigenvalue weighted by Gasteiger charge is -2.26. The topological polar surface area (TPSA) is 76.1 Å². The van der Waals surface area contributed by atoms with Gasteiger partial charge in [-0.3, -0.25) is 0 Å². The fourth-order valence-electron chi connectivity index (χ4n) is 7.94. The van der Waals surface area contributed by atoms with Crippen molar-refractivity contribution >= 4 is 22.3 Å². The first kappa shape index (κ1) is 31.7. The Morgan fingerprint density at radius 2 is 0.596 bits per heavy atom. The smallest absolute Gasteiger partial charge is 0.0500 e. The van der Waals surface area contributed by atoms with Gasteiger partial charge in [-0.25, -0.2) is 0 Å². The van der Waals surface area contributed by atoms with E-state index in [0.717, 1.165) is 115 Å². The van der Waals surface area contributed by atoms with Crippen LogP contribution in [0.3, 0.4) is 0 Å². The number of fused-ring (bicyclic) bond motifs is 8. The number of nitrogens with one attached hydrogen (secondary N) is 4. The molecular formula is C44H44N8. The largest absolute Gasteiger partial charge is 0.370 e. The van der Waals surface area contributed by atoms with Crippen LogP contribution in [-0.4, -0.2) is 93.9 Å². The fraction of sp³-hybridized carbons (Fsp3) is 0.182. The summed E-state index contributed by atoms with van der Waals surface area (Å²) < 4.78 is 0. The van der Waals surface area contributed by atoms with E-state index in [1.54, 1.807) is 0 Å². The molecule has 0 saturated heterocycles. The van der Waals surface area contributed by atoms with Crippen molar-refractivity contribution in [1.29, 1.82) is 0 Å². The van der Waals surface area contributed by atoms with Crippen molar-refractivity contribution < 1.29 is 0 Å². The number of likely N-dealkylation sites (N-methyl/N-ethyl adjacent to an activating group) is 4. The molecule has 0 atom stereocenters. The minimum absolute atomic E-state index is 0.843. The molecule has 5 aliphatic heterocycles. The van der Waals surface area contributed by atoms with Crippen molar-refractivity contribution in [3.63, 3.8) is 0 Å². The van der Waals surface area contributed by atoms with Gasteiger partial charge in [0.1, 0.15) is 0 Å². The normalized spacial score (nSPS) is 18.7. The van der Waals surface area contributed by atoms with E-state index < -0.39 is 0 Å². The van der Waals surface area contributed by atoms with Gasteiger partial charge >= 0.3 is 0 Å². The predicted molar refractivity (Wildman–Crippen MR) is 211 cm³/mol. The van der Waals surface area contributed by atoms with Crippen LogP contribution in [0.4, 0.5) is 0 Å². The third-order valence-corrected chi connectivity index (χ3v) is 10.6. The molecule has 260 valence electrons. The minimum Gasteiger partial charge on any atom is -0.370 e. The van der Waals surface area contributed by atoms with Crippen LogP contribution in [0.1, 0.15) is 22.8 Å². The van der Waals surface area contributed by atoms with E-state index >= 15 is 0 Å². The van der Waals surface area contributed by atoms with E-state index in [1.165, 1.54) is 0 Å². The summed E-state index contributed by atoms with van der Waals surface area (Å²) in [5.74, 6) is 0. The molecule has 0 aromatic carbocycles. The lowest BCUT2D eigenvalue weighted by molar-refractivity contribution is 0.477. The highest BCUT2D eigenvalue weighted by molar-refractivity contribution is 5.84. The molecule has 52 heavy (non-hydrogen) atoms. The van der Waals surface area contributed by atoms with Crippen LogP contribution in [0.5, 0.6) is 0 Å². The van der Waals surface area contributed by atoms with Gasteiger partial charge in [0.25, 0.3) is 0 Å². The molecule has 4 aromatic rings. The average Bonchev–Trinajstić information content (AvgIpc) is 3.99. The maximum absolute atomic E-state index is 3.92. The highest BCUT2D eigenvalue weighted by Gasteiger charge is 2.24. The number of aromatic amines is 4. The Morgan fingerprint density at radius 3 is 0.827 bits per heavy atom. The van der Waals surface area contributed by atoms with E-state index in [0.29, 0.717) is 0 Å². The first-order valence-electron chi connectivity index (χ1n) is 18.0. The van der Waals surface area contributed by atoms with Gasteiger partial charge < -0.3 is 39.5 Å². The number of hydrogen-bond acceptors (Lipinski definition) is 4. The second kappa shape index (κ2) is 12.8. The van der Waals surface area contributed by atoms with Gasteiger partial charge in [0.15, 0.2) is 0 Å². The van der Waals surface area contributed by atoms with Gasteiger partial charge in [0.05, 0.1) is 44.2 Å². The standard InChI is InChI=1S/C44H44N8/c1-49-25-9-5-13-37(49)41-29-17-19-31(45-29)42(38-14-6-10-26-50(38)2)33-21-23-35(47-33)44(40-16-8-12-28-52(40)4)36-24-22-34(48-36)43(32-20-18-30(41)46-32)39-15-7-11-27-51(39)3/h5-24,45-48H,25-28H2,1-4H3. The van der Waals surface area contributed by atoms with Crippen LogP contribution in [0.2, 0.25) is 0 Å². The number of H-pyrrole nitrogens is 4. The zero-order chi connectivity index (χ0) is 35.3. The van der Waals surface area contributed by atoms with E-state index in [2.05, 4.69) is 189 Å². The molecular weight excluding hydrogens is 641 g/mol. The Bertz CT molecular complexity index is 2240. The van der Waals surface area contributed by atoms with E-state index in [-0.39, 0.29) is 0 Å². The Hall–Kier alpha value is -6.28. The van der Waals surface area contributed by atoms with Crippen molar-refractivity contribution in [3.05, 3.63) is 188 Å². The summed E-state index contributed by atoms with van der Waals surface area (Å²) in [7, 11) is 8.65. The van der Waals surface area contributed by atoms with Crippen molar-refractivity contribution in [2.24, 2.45) is 0 Å². The van der Waals surface area contributed by atoms with Crippen molar-refractivity contribution in [2.45, 2.75) is 0 Å². The van der Waals surface area contributed by atoms with E-state index in [4.69, 9.17) is 0 Å². The van der Waals surface area contributed by atoms with Crippen molar-refractivity contribution in [1.82, 2.24) is 39.5 Å². The molecule has 0 saturated carbocycles. The monoisotopic (exact) mass is 684 g/mol. The molecule has 4 N–H and O–H groups in total. The summed E-state index contributed by atoms with van der Waals surface area (Å²) in [5, 5.41) is 4.21. The zero-order valence-corrected chi connectivity index (χ0v) is 30.2. The lowest BCUT2D eigenvalue weighted by Crippen LogP contribution is -2.28. The highest BCUT2D eigenvalue weighted by atomic mass is 15.1. The summed E-state index contributed by atoms with van der Waals surface area (Å²) in [5.41, 5.74) is 13.3. The molecule has 8 nitrogen and oxygen atoms in total. The van der Waals surface area contributed by atoms with Crippen LogP contribution in [0, 0.1) is 0 Å². The third kappa shape index (κ3) is 5.39. The maximum atomic E-state index is 3.92. The van der Waals surface area contributed by atoms with Gasteiger partial charge in [-0.05, 0) is 72.8 Å². The predicted octanol–water partition coefficient (Wildman–Crippen LogP) is 3.65. The highest BCUT2D eigenvalue weighted by Crippen LogP contribution is 2.31. The van der Waals surface area contributed by atoms with Crippen molar-refractivity contribution in [3.8, 4) is 0 Å². The summed E-state index contributed by atoms with van der Waals surface area (Å²) >= 11 is 0. The average molecular weight is 685 g/mol. The maximum Gasteiger partial charge on any atom is 0.0500 e. The number of nitrogens with zero attached hydrogens (tertiary/aromatic N) is 4. The van der Waals surface area contributed by atoms with Crippen LogP contribution in [0.15, 0.2) is 144 Å². The lowest BCUT2D eigenvalue weighted by atomic mass is 10.1. The molecule has 0 unspecified atom stereocenters. The van der Waals surface area contributed by atoms with Gasteiger partial charge in [0.2, 0.25) is 0 Å². The molecule has 0 radical (unpaired) electrons. The summed E-state index contributed by atoms with van der Waals surface area (Å²) in [6, 6.07) is 17.8. The van der Waals surface area contributed by atoms with Crippen molar-refractivity contribution in [2.75, 3.05) is 54.4 Å². The first-order valence-corrected chi connectivity index (χ1v) is 18.0. The molecule has 0 fully saturated rings. The van der Waals surface area contributed by atoms with Crippen LogP contribution < -0.4 is 21.4 Å². The second-order valence-electron chi connectivity index (χ2n) is 14.1. The number of aromatic nitrogens is 4. The number of allylic oxidation sites excluding steroid dienone is 12. The van der Waals surface area contributed by atoms with E-state index in [1.807, 2.05) is 0 Å². The Labute approximate surface area is 303 Å². The fourth-order valence-corrected chi connectivity index (χ4v) is 7.94. The van der Waals surface area contributed by atoms with E-state index in [9.17, 15) is 0 Å². The number of rotatable bonds is 4. The van der Waals surface area contributed by atoms with Gasteiger partial charge in [-0.15, -0.1) is 0 Å². The number of hydrogen-bond donors (Lipinski definition) is 4. The molecule has 8 heteroatoms. The molecule has 5 aliphatic rings. The summed E-state index contributed by atoms with van der Waals surface area (Å²) in [6.45, 7) is 3.37. The van der Waals surface area contributed by atoms with Gasteiger partial charge in [0, 0.05) is 99.5 Å². The molecule has 9 heterocycles. The third-order valence-electron chi connectivity index (χ3n) is 10.6. The zero-order valence-electron chi connectivity index (χ0n) is 30.2. The molecule has 8 bridgehead atoms. The molecule has 0 aliphatic carbocycles. The second-order valence-corrected chi connectivity index (χ2v) is 14.1. The first-order chi connectivity index (χ1) is 25.4. The Balaban J connectivity index is 1.42. The quantitative estimate of drug-likeness (QED) is 0.265. The summed E-state index contributed by atoms with van der Waals surface area (Å²) in [6.07, 6.45) is 26.3. The van der Waals surface area contributed by atoms with Crippen LogP contribution in [-0.2, 0) is 0 Å². The molecule has 4 aromatic heterocycles. The molecule has 0 spiro atoms. The van der Waals surface area contributed by atoms with Gasteiger partial charge in [-0.1, -0.05) is 48.6 Å². The minimum atomic E-state index is 0.843. The summed E-state index contributed by atoms with van der Waals surface area (Å²) in [4.78, 5) is 24.9. The molecule has 9 rings (SSSR count). The SMILES string of the molecule is CN1CC=CC=C1C1=c2ccc([nH]2)=C(C2=CC=CCN2C)c2ccc([nH]2)C(C2=CC=CCN2C)=c2ccc([nH]2)=C(C2=CC=CCN2C)c2ccc1[nH]2. The van der Waals surface area contributed by atoms with Crippen LogP contribution in [0.25, 0.3) is 22.3 Å². The van der Waals surface area contributed by atoms with Gasteiger partial charge in [-0.2, -0.15) is 0 Å².